The number of hydrogen-bond donors (Lipinski definition) is 0. The van der Waals surface area contributed by atoms with Crippen LogP contribution in [0.2, 0.25) is 0 Å². The van der Waals surface area contributed by atoms with Gasteiger partial charge in [0.1, 0.15) is 17.2 Å². The first-order valence-corrected chi connectivity index (χ1v) is 2.96. The molecule has 0 N–H and O–H groups in total. The molecular formula is H4NO2P2. The normalized spacial score (nSPS) is 12.8. The first-order chi connectivity index (χ1) is 2.41. The fourth-order valence-electron chi connectivity index (χ4n) is 0.0248. The molecule has 0 aliphatic carbocycles. The summed E-state index contributed by atoms with van der Waals surface area (Å²) in [5.41, 5.74) is 0. The van der Waals surface area contributed by atoms with Gasteiger partial charge >= 0.3 is 0 Å². The summed E-state index contributed by atoms with van der Waals surface area (Å²) in [5.74, 6) is 0. The van der Waals surface area contributed by atoms with Crippen LogP contribution >= 0.6 is 17.2 Å². The first kappa shape index (κ1) is 5.42. The van der Waals surface area contributed by atoms with E-state index in [4.69, 9.17) is 0 Å². The summed E-state index contributed by atoms with van der Waals surface area (Å²) in [6.45, 7) is 0. The summed E-state index contributed by atoms with van der Waals surface area (Å²) in [6.07, 6.45) is 0. The standard InChI is InChI=1S/H4NO2P2/c2-4-1-5-3/h4-5H2. The van der Waals surface area contributed by atoms with Gasteiger partial charge in [0, 0.05) is 0 Å². The monoisotopic (exact) mass is 112 g/mol. The molecule has 0 spiro atoms. The fraction of sp³-hybridized carbons (Fsp3) is 0. The van der Waals surface area contributed by atoms with Crippen molar-refractivity contribution in [2.75, 3.05) is 0 Å². The predicted molar refractivity (Wildman–Crippen MR) is 22.9 cm³/mol. The van der Waals surface area contributed by atoms with E-state index in [-0.39, 0.29) is 0 Å². The van der Waals surface area contributed by atoms with Gasteiger partial charge in [0.2, 0.25) is 0 Å². The highest BCUT2D eigenvalue weighted by Crippen LogP contribution is 1.93. The Balaban J connectivity index is 2.65. The fourth-order valence-corrected chi connectivity index (χ4v) is 0.224. The zero-order chi connectivity index (χ0) is 4.12. The average Bonchev–Trinajstić information content (AvgIpc) is 1.41. The minimum Gasteiger partial charge on any atom is -0.312 e. The highest BCUT2D eigenvalue weighted by molar-refractivity contribution is 7.38. The Kier molecular flexibility index (Phi) is 4.79. The van der Waals surface area contributed by atoms with Crippen LogP contribution < -0.4 is 4.86 Å². The largest absolute Gasteiger partial charge is 0.312 e. The van der Waals surface area contributed by atoms with Crippen LogP contribution in [0.4, 0.5) is 0 Å². The molecule has 0 saturated heterocycles. The van der Waals surface area contributed by atoms with E-state index in [1.807, 2.05) is 0 Å². The van der Waals surface area contributed by atoms with Crippen LogP contribution in [0, 0.1) is 0 Å². The van der Waals surface area contributed by atoms with Crippen molar-refractivity contribution in [3.63, 3.8) is 0 Å². The van der Waals surface area contributed by atoms with E-state index in [0.717, 1.165) is 0 Å². The van der Waals surface area contributed by atoms with E-state index in [0.29, 0.717) is 0 Å². The first-order valence-electron chi connectivity index (χ1n) is 0.988. The van der Waals surface area contributed by atoms with Gasteiger partial charge in [-0.1, -0.05) is 0 Å². The lowest BCUT2D eigenvalue weighted by molar-refractivity contribution is 0.588. The third-order valence-corrected chi connectivity index (χ3v) is 1.10. The molecule has 5 heavy (non-hydrogen) atoms. The summed E-state index contributed by atoms with van der Waals surface area (Å²) in [4.78, 5) is 3.03. The highest BCUT2D eigenvalue weighted by Gasteiger charge is 1.58. The van der Waals surface area contributed by atoms with E-state index in [2.05, 4.69) is 4.86 Å². The van der Waals surface area contributed by atoms with Crippen LogP contribution in [-0.4, -0.2) is 0 Å². The maximum absolute atomic E-state index is 9.27. The van der Waals surface area contributed by atoms with Crippen molar-refractivity contribution in [2.24, 2.45) is 0 Å². The molecule has 0 aliphatic heterocycles. The zero-order valence-electron chi connectivity index (χ0n) is 2.42. The lowest BCUT2D eigenvalue weighted by Gasteiger charge is -1.60. The average molecular weight is 112 g/mol. The van der Waals surface area contributed by atoms with Gasteiger partial charge in [0.15, 0.2) is 0 Å². The highest BCUT2D eigenvalue weighted by atomic mass is 31.1. The van der Waals surface area contributed by atoms with E-state index >= 15 is 0 Å². The van der Waals surface area contributed by atoms with Gasteiger partial charge in [0.25, 0.3) is 0 Å². The summed E-state index contributed by atoms with van der Waals surface area (Å²) >= 11 is 0. The van der Waals surface area contributed by atoms with Crippen molar-refractivity contribution in [3.8, 4) is 0 Å². The van der Waals surface area contributed by atoms with Crippen molar-refractivity contribution < 1.29 is 9.13 Å². The van der Waals surface area contributed by atoms with Crippen LogP contribution in [0.25, 0.3) is 0 Å². The third-order valence-electron chi connectivity index (χ3n) is 0.122. The van der Waals surface area contributed by atoms with Crippen LogP contribution in [-0.2, 0) is 9.13 Å². The number of nitrogens with zero attached hydrogens (tertiary/aromatic N) is 1. The van der Waals surface area contributed by atoms with Gasteiger partial charge in [-0.15, -0.1) is 4.86 Å². The van der Waals surface area contributed by atoms with Gasteiger partial charge in [-0.25, -0.2) is 0 Å². The lowest BCUT2D eigenvalue weighted by atomic mass is 13.9. The second-order valence-corrected chi connectivity index (χ2v) is 1.97. The SMILES string of the molecule is O=[PH2][N][PH2]=O. The molecule has 0 rings (SSSR count). The Morgan fingerprint density at radius 1 is 1.20 bits per heavy atom. The maximum atomic E-state index is 9.27. The van der Waals surface area contributed by atoms with Crippen molar-refractivity contribution in [1.82, 2.24) is 4.86 Å². The number of hydrogen-bond acceptors (Lipinski definition) is 2. The molecular weight excluding hydrogens is 108 g/mol. The summed E-state index contributed by atoms with van der Waals surface area (Å²) in [5, 5.41) is 0. The summed E-state index contributed by atoms with van der Waals surface area (Å²) in [6, 6.07) is 0. The molecule has 0 aromatic carbocycles. The van der Waals surface area contributed by atoms with E-state index in [1.54, 1.807) is 0 Å². The van der Waals surface area contributed by atoms with Gasteiger partial charge in [-0.2, -0.15) is 0 Å². The van der Waals surface area contributed by atoms with Crippen LogP contribution in [0.15, 0.2) is 0 Å². The van der Waals surface area contributed by atoms with Crippen molar-refractivity contribution in [1.29, 1.82) is 0 Å². The van der Waals surface area contributed by atoms with Crippen molar-refractivity contribution in [3.05, 3.63) is 0 Å². The Morgan fingerprint density at radius 2 is 1.60 bits per heavy atom. The quantitative estimate of drug-likeness (QED) is 0.469. The molecule has 0 amide bonds. The van der Waals surface area contributed by atoms with E-state index in [1.165, 1.54) is 0 Å². The van der Waals surface area contributed by atoms with Crippen LogP contribution in [0.1, 0.15) is 0 Å². The van der Waals surface area contributed by atoms with E-state index in [9.17, 15) is 9.13 Å². The van der Waals surface area contributed by atoms with Gasteiger partial charge < -0.3 is 9.13 Å². The molecule has 3 nitrogen and oxygen atoms in total. The van der Waals surface area contributed by atoms with Crippen molar-refractivity contribution >= 4 is 17.2 Å². The molecule has 0 aliphatic rings. The Labute approximate surface area is 32.3 Å². The Hall–Kier alpha value is 0.420. The molecule has 0 heterocycles. The molecule has 2 atom stereocenters. The second-order valence-electron chi connectivity index (χ2n) is 0.360. The van der Waals surface area contributed by atoms with Crippen molar-refractivity contribution in [2.45, 2.75) is 0 Å². The van der Waals surface area contributed by atoms with Crippen LogP contribution in [0.3, 0.4) is 0 Å². The molecule has 31 valence electrons. The van der Waals surface area contributed by atoms with Gasteiger partial charge in [-0.05, 0) is 0 Å². The van der Waals surface area contributed by atoms with E-state index < -0.39 is 17.2 Å². The molecule has 2 unspecified atom stereocenters. The van der Waals surface area contributed by atoms with Crippen LogP contribution in [0.5, 0.6) is 0 Å². The zero-order valence-corrected chi connectivity index (χ0v) is 4.73. The minimum atomic E-state index is -1.11. The molecule has 0 saturated carbocycles. The molecule has 0 aromatic heterocycles. The molecule has 0 bridgehead atoms. The van der Waals surface area contributed by atoms with Gasteiger partial charge in [0.05, 0.1) is 0 Å². The second kappa shape index (κ2) is 4.42. The summed E-state index contributed by atoms with van der Waals surface area (Å²) in [7, 11) is -2.23. The van der Waals surface area contributed by atoms with Gasteiger partial charge in [-0.3, -0.25) is 0 Å². The molecule has 0 fully saturated rings. The lowest BCUT2D eigenvalue weighted by Crippen LogP contribution is -1.49. The Morgan fingerprint density at radius 3 is 1.60 bits per heavy atom. The third kappa shape index (κ3) is 4.42. The topological polar surface area (TPSA) is 48.2 Å². The smallest absolute Gasteiger partial charge is 0.146 e. The molecule has 1 radical (unpaired) electrons. The maximum Gasteiger partial charge on any atom is 0.146 e. The predicted octanol–water partition coefficient (Wildman–Crippen LogP) is -0.0666. The molecule has 0 aromatic rings. The number of rotatable bonds is 2. The summed E-state index contributed by atoms with van der Waals surface area (Å²) < 4.78 is 18.5. The molecule has 5 heteroatoms. The Bertz CT molecular complexity index is 36.9. The minimum absolute atomic E-state index is 1.11.